The van der Waals surface area contributed by atoms with E-state index in [1.165, 1.54) is 0 Å². The summed E-state index contributed by atoms with van der Waals surface area (Å²) in [5, 5.41) is 9.91. The maximum Gasteiger partial charge on any atom is 0.325 e. The van der Waals surface area contributed by atoms with Crippen LogP contribution in [0.4, 0.5) is 21.3 Å². The Morgan fingerprint density at radius 2 is 1.74 bits per heavy atom. The maximum atomic E-state index is 12.3. The quantitative estimate of drug-likeness (QED) is 0.638. The molecule has 0 fully saturated rings. The van der Waals surface area contributed by atoms with Crippen molar-refractivity contribution in [1.29, 1.82) is 0 Å². The van der Waals surface area contributed by atoms with Gasteiger partial charge in [0.2, 0.25) is 6.79 Å². The molecule has 0 spiro atoms. The third-order valence-corrected chi connectivity index (χ3v) is 4.38. The van der Waals surface area contributed by atoms with Crippen molar-refractivity contribution in [3.8, 4) is 11.5 Å². The Labute approximate surface area is 158 Å². The number of rotatable bonds is 4. The van der Waals surface area contributed by atoms with Crippen molar-refractivity contribution >= 4 is 39.8 Å². The molecular weight excluding hydrogens is 368 g/mol. The summed E-state index contributed by atoms with van der Waals surface area (Å²) in [6, 6.07) is 13.7. The van der Waals surface area contributed by atoms with Crippen molar-refractivity contribution in [2.45, 2.75) is 0 Å². The highest BCUT2D eigenvalue weighted by Crippen LogP contribution is 2.34. The lowest BCUT2D eigenvalue weighted by atomic mass is 10.2. The molecule has 0 saturated carbocycles. The van der Waals surface area contributed by atoms with Gasteiger partial charge in [-0.2, -0.15) is 0 Å². The molecule has 0 radical (unpaired) electrons. The standard InChI is InChI=1S/C18H14N4O4S/c23-16(19-12-6-7-14-15(8-12)26-10-25-14)13-9-27-18(21-13)22-17(24)20-11-4-2-1-3-5-11/h1-9H,10H2,(H,19,23)(H2,20,21,22,24). The van der Waals surface area contributed by atoms with Crippen molar-refractivity contribution in [3.63, 3.8) is 0 Å². The summed E-state index contributed by atoms with van der Waals surface area (Å²) in [5.41, 5.74) is 1.42. The Bertz CT molecular complexity index is 990. The predicted molar refractivity (Wildman–Crippen MR) is 102 cm³/mol. The van der Waals surface area contributed by atoms with Crippen molar-refractivity contribution in [3.05, 3.63) is 59.6 Å². The van der Waals surface area contributed by atoms with Crippen LogP contribution in [0.15, 0.2) is 53.9 Å². The van der Waals surface area contributed by atoms with Gasteiger partial charge in [-0.05, 0) is 24.3 Å². The number of fused-ring (bicyclic) bond motifs is 1. The highest BCUT2D eigenvalue weighted by molar-refractivity contribution is 7.14. The maximum absolute atomic E-state index is 12.3. The first-order valence-electron chi connectivity index (χ1n) is 7.97. The van der Waals surface area contributed by atoms with Gasteiger partial charge in [-0.3, -0.25) is 10.1 Å². The van der Waals surface area contributed by atoms with Crippen LogP contribution in [0, 0.1) is 0 Å². The molecule has 3 amide bonds. The third kappa shape index (κ3) is 3.98. The molecule has 1 aromatic heterocycles. The number of anilines is 3. The molecule has 136 valence electrons. The van der Waals surface area contributed by atoms with E-state index < -0.39 is 6.03 Å². The number of amides is 3. The number of para-hydroxylation sites is 1. The highest BCUT2D eigenvalue weighted by atomic mass is 32.1. The van der Waals surface area contributed by atoms with E-state index in [1.54, 1.807) is 35.7 Å². The Hall–Kier alpha value is -3.59. The van der Waals surface area contributed by atoms with Crippen LogP contribution in [-0.4, -0.2) is 23.7 Å². The first-order chi connectivity index (χ1) is 13.2. The zero-order chi connectivity index (χ0) is 18.6. The number of nitrogens with one attached hydrogen (secondary N) is 3. The lowest BCUT2D eigenvalue weighted by Gasteiger charge is -2.05. The number of hydrogen-bond donors (Lipinski definition) is 3. The van der Waals surface area contributed by atoms with E-state index in [0.29, 0.717) is 28.0 Å². The minimum absolute atomic E-state index is 0.166. The van der Waals surface area contributed by atoms with Crippen LogP contribution in [0.25, 0.3) is 0 Å². The van der Waals surface area contributed by atoms with Crippen molar-refractivity contribution in [1.82, 2.24) is 4.98 Å². The van der Waals surface area contributed by atoms with Gasteiger partial charge in [-0.15, -0.1) is 11.3 Å². The second-order valence-corrected chi connectivity index (χ2v) is 6.36. The molecular formula is C18H14N4O4S. The number of hydrogen-bond acceptors (Lipinski definition) is 6. The van der Waals surface area contributed by atoms with Gasteiger partial charge in [-0.1, -0.05) is 18.2 Å². The Balaban J connectivity index is 1.37. The molecule has 0 bridgehead atoms. The average molecular weight is 382 g/mol. The number of nitrogens with zero attached hydrogens (tertiary/aromatic N) is 1. The average Bonchev–Trinajstić information content (AvgIpc) is 3.31. The molecule has 8 nitrogen and oxygen atoms in total. The number of carbonyl (C=O) groups excluding carboxylic acids is 2. The molecule has 1 aliphatic rings. The minimum atomic E-state index is -0.432. The summed E-state index contributed by atoms with van der Waals surface area (Å²) in [6.45, 7) is 0.166. The van der Waals surface area contributed by atoms with E-state index in [4.69, 9.17) is 9.47 Å². The topological polar surface area (TPSA) is 102 Å². The van der Waals surface area contributed by atoms with Crippen LogP contribution in [0.3, 0.4) is 0 Å². The fourth-order valence-electron chi connectivity index (χ4n) is 2.39. The molecule has 2 aromatic carbocycles. The minimum Gasteiger partial charge on any atom is -0.454 e. The molecule has 0 aliphatic carbocycles. The first-order valence-corrected chi connectivity index (χ1v) is 8.85. The van der Waals surface area contributed by atoms with Gasteiger partial charge in [0.1, 0.15) is 5.69 Å². The van der Waals surface area contributed by atoms with Crippen LogP contribution in [-0.2, 0) is 0 Å². The zero-order valence-corrected chi connectivity index (χ0v) is 14.7. The van der Waals surface area contributed by atoms with Gasteiger partial charge >= 0.3 is 6.03 Å². The Kier molecular flexibility index (Phi) is 4.58. The third-order valence-electron chi connectivity index (χ3n) is 3.62. The number of carbonyl (C=O) groups is 2. The molecule has 0 saturated heterocycles. The van der Waals surface area contributed by atoms with E-state index in [2.05, 4.69) is 20.9 Å². The Morgan fingerprint density at radius 3 is 2.59 bits per heavy atom. The molecule has 2 heterocycles. The Morgan fingerprint density at radius 1 is 0.926 bits per heavy atom. The summed E-state index contributed by atoms with van der Waals surface area (Å²) in [4.78, 5) is 28.5. The van der Waals surface area contributed by atoms with E-state index in [1.807, 2.05) is 18.2 Å². The van der Waals surface area contributed by atoms with E-state index in [9.17, 15) is 9.59 Å². The smallest absolute Gasteiger partial charge is 0.325 e. The normalized spacial score (nSPS) is 11.7. The molecule has 3 aromatic rings. The summed E-state index contributed by atoms with van der Waals surface area (Å²) in [5.74, 6) is 0.824. The number of urea groups is 1. The second kappa shape index (κ2) is 7.34. The molecule has 9 heteroatoms. The fourth-order valence-corrected chi connectivity index (χ4v) is 3.07. The van der Waals surface area contributed by atoms with Gasteiger partial charge in [0.05, 0.1) is 0 Å². The number of benzene rings is 2. The van der Waals surface area contributed by atoms with Crippen molar-refractivity contribution in [2.24, 2.45) is 0 Å². The van der Waals surface area contributed by atoms with Gasteiger partial charge in [-0.25, -0.2) is 9.78 Å². The lowest BCUT2D eigenvalue weighted by Crippen LogP contribution is -2.19. The number of ether oxygens (including phenoxy) is 2. The summed E-state index contributed by atoms with van der Waals surface area (Å²) in [6.07, 6.45) is 0. The summed E-state index contributed by atoms with van der Waals surface area (Å²) < 4.78 is 10.5. The van der Waals surface area contributed by atoms with Crippen molar-refractivity contribution < 1.29 is 19.1 Å². The van der Waals surface area contributed by atoms with E-state index in [0.717, 1.165) is 11.3 Å². The predicted octanol–water partition coefficient (Wildman–Crippen LogP) is 3.77. The molecule has 3 N–H and O–H groups in total. The zero-order valence-electron chi connectivity index (χ0n) is 13.9. The van der Waals surface area contributed by atoms with Gasteiger partial charge in [0.25, 0.3) is 5.91 Å². The van der Waals surface area contributed by atoms with Gasteiger partial charge < -0.3 is 20.1 Å². The van der Waals surface area contributed by atoms with Crippen LogP contribution in [0.5, 0.6) is 11.5 Å². The lowest BCUT2D eigenvalue weighted by molar-refractivity contribution is 0.102. The number of thiazole rings is 1. The SMILES string of the molecule is O=C(Nc1ccccc1)Nc1nc(C(=O)Nc2ccc3c(c2)OCO3)cs1. The molecule has 27 heavy (non-hydrogen) atoms. The van der Waals surface area contributed by atoms with E-state index in [-0.39, 0.29) is 18.4 Å². The first kappa shape index (κ1) is 16.9. The molecule has 0 unspecified atom stereocenters. The molecule has 0 atom stereocenters. The van der Waals surface area contributed by atoms with Gasteiger partial charge in [0, 0.05) is 22.8 Å². The van der Waals surface area contributed by atoms with E-state index >= 15 is 0 Å². The largest absolute Gasteiger partial charge is 0.454 e. The fraction of sp³-hybridized carbons (Fsp3) is 0.0556. The van der Waals surface area contributed by atoms with Crippen LogP contribution >= 0.6 is 11.3 Å². The monoisotopic (exact) mass is 382 g/mol. The van der Waals surface area contributed by atoms with Crippen LogP contribution in [0.2, 0.25) is 0 Å². The highest BCUT2D eigenvalue weighted by Gasteiger charge is 2.16. The molecule has 1 aliphatic heterocycles. The number of aromatic nitrogens is 1. The van der Waals surface area contributed by atoms with Crippen LogP contribution in [0.1, 0.15) is 10.5 Å². The second-order valence-electron chi connectivity index (χ2n) is 5.51. The van der Waals surface area contributed by atoms with Crippen LogP contribution < -0.4 is 25.4 Å². The molecule has 4 rings (SSSR count). The van der Waals surface area contributed by atoms with Crippen molar-refractivity contribution in [2.75, 3.05) is 22.7 Å². The van der Waals surface area contributed by atoms with Gasteiger partial charge in [0.15, 0.2) is 16.6 Å². The summed E-state index contributed by atoms with van der Waals surface area (Å²) >= 11 is 1.16. The summed E-state index contributed by atoms with van der Waals surface area (Å²) in [7, 11) is 0.